The van der Waals surface area contributed by atoms with Gasteiger partial charge in [-0.25, -0.2) is 0 Å². The second-order valence-corrected chi connectivity index (χ2v) is 7.92. The molecule has 0 spiro atoms. The molecule has 0 radical (unpaired) electrons. The number of rotatable bonds is 7. The largest absolute Gasteiger partial charge is 0.492 e. The van der Waals surface area contributed by atoms with Gasteiger partial charge in [0.15, 0.2) is 6.10 Å². The first kappa shape index (κ1) is 20.8. The van der Waals surface area contributed by atoms with E-state index in [1.54, 1.807) is 6.92 Å². The van der Waals surface area contributed by atoms with Crippen LogP contribution in [0, 0.1) is 13.8 Å². The molecule has 2 aromatic carbocycles. The monoisotopic (exact) mass is 369 g/mol. The average molecular weight is 370 g/mol. The molecular formula is C23H31NO3. The van der Waals surface area contributed by atoms with Crippen LogP contribution in [0.1, 0.15) is 44.4 Å². The van der Waals surface area contributed by atoms with Crippen LogP contribution in [0.15, 0.2) is 42.5 Å². The van der Waals surface area contributed by atoms with Gasteiger partial charge in [0.25, 0.3) is 5.91 Å². The summed E-state index contributed by atoms with van der Waals surface area (Å²) in [6.45, 7) is 13.2. The first-order chi connectivity index (χ1) is 12.7. The lowest BCUT2D eigenvalue weighted by Crippen LogP contribution is -2.38. The van der Waals surface area contributed by atoms with Gasteiger partial charge in [-0.15, -0.1) is 0 Å². The third-order valence-corrected chi connectivity index (χ3v) is 4.55. The van der Waals surface area contributed by atoms with Crippen LogP contribution in [0.4, 0.5) is 0 Å². The van der Waals surface area contributed by atoms with E-state index in [0.29, 0.717) is 18.9 Å². The molecule has 0 aliphatic heterocycles. The molecule has 0 aliphatic carbocycles. The van der Waals surface area contributed by atoms with E-state index in [1.807, 2.05) is 42.5 Å². The fraction of sp³-hybridized carbons (Fsp3) is 0.435. The molecule has 1 amide bonds. The molecule has 0 saturated carbocycles. The molecule has 146 valence electrons. The Morgan fingerprint density at radius 2 is 1.63 bits per heavy atom. The first-order valence-electron chi connectivity index (χ1n) is 9.42. The van der Waals surface area contributed by atoms with Crippen molar-refractivity contribution >= 4 is 5.91 Å². The number of aryl methyl sites for hydroxylation is 2. The number of hydrogen-bond acceptors (Lipinski definition) is 3. The smallest absolute Gasteiger partial charge is 0.260 e. The minimum atomic E-state index is -0.563. The normalized spacial score (nSPS) is 12.4. The summed E-state index contributed by atoms with van der Waals surface area (Å²) < 4.78 is 11.4. The number of ether oxygens (including phenoxy) is 2. The zero-order valence-corrected chi connectivity index (χ0v) is 17.3. The molecule has 0 aromatic heterocycles. The van der Waals surface area contributed by atoms with E-state index in [9.17, 15) is 4.79 Å². The second kappa shape index (κ2) is 8.94. The van der Waals surface area contributed by atoms with Gasteiger partial charge < -0.3 is 14.8 Å². The van der Waals surface area contributed by atoms with Gasteiger partial charge in [-0.3, -0.25) is 4.79 Å². The van der Waals surface area contributed by atoms with Gasteiger partial charge in [0.05, 0.1) is 6.54 Å². The quantitative estimate of drug-likeness (QED) is 0.728. The summed E-state index contributed by atoms with van der Waals surface area (Å²) in [6.07, 6.45) is -0.563. The predicted molar refractivity (Wildman–Crippen MR) is 110 cm³/mol. The fourth-order valence-corrected chi connectivity index (χ4v) is 2.58. The standard InChI is InChI=1S/C23H31NO3/c1-16-7-10-21(15-17(16)2)26-14-13-24-22(25)18(3)27-20-11-8-19(9-12-20)23(4,5)6/h7-12,15,18H,13-14H2,1-6H3,(H,24,25)/t18-/m1/s1. The van der Waals surface area contributed by atoms with Crippen LogP contribution >= 0.6 is 0 Å². The van der Waals surface area contributed by atoms with Crippen molar-refractivity contribution in [3.63, 3.8) is 0 Å². The molecule has 4 heteroatoms. The molecule has 0 bridgehead atoms. The van der Waals surface area contributed by atoms with E-state index in [-0.39, 0.29) is 11.3 Å². The molecule has 1 N–H and O–H groups in total. The van der Waals surface area contributed by atoms with Crippen LogP contribution in [0.25, 0.3) is 0 Å². The zero-order chi connectivity index (χ0) is 20.0. The molecule has 4 nitrogen and oxygen atoms in total. The Balaban J connectivity index is 1.76. The number of amides is 1. The van der Waals surface area contributed by atoms with E-state index in [2.05, 4.69) is 39.9 Å². The van der Waals surface area contributed by atoms with E-state index in [4.69, 9.17) is 9.47 Å². The number of hydrogen-bond donors (Lipinski definition) is 1. The highest BCUT2D eigenvalue weighted by Gasteiger charge is 2.16. The first-order valence-corrected chi connectivity index (χ1v) is 9.42. The molecular weight excluding hydrogens is 338 g/mol. The number of carbonyl (C=O) groups is 1. The Kier molecular flexibility index (Phi) is 6.89. The van der Waals surface area contributed by atoms with Crippen LogP contribution in [0.3, 0.4) is 0 Å². The molecule has 2 rings (SSSR count). The van der Waals surface area contributed by atoms with Gasteiger partial charge in [-0.2, -0.15) is 0 Å². The van der Waals surface area contributed by atoms with Crippen molar-refractivity contribution in [2.75, 3.05) is 13.2 Å². The predicted octanol–water partition coefficient (Wildman–Crippen LogP) is 4.56. The van der Waals surface area contributed by atoms with Crippen LogP contribution in [-0.4, -0.2) is 25.2 Å². The van der Waals surface area contributed by atoms with E-state index < -0.39 is 6.10 Å². The Morgan fingerprint density at radius 3 is 2.22 bits per heavy atom. The highest BCUT2D eigenvalue weighted by Crippen LogP contribution is 2.24. The molecule has 0 unspecified atom stereocenters. The third-order valence-electron chi connectivity index (χ3n) is 4.55. The van der Waals surface area contributed by atoms with Gasteiger partial charge >= 0.3 is 0 Å². The van der Waals surface area contributed by atoms with Crippen LogP contribution in [0.2, 0.25) is 0 Å². The highest BCUT2D eigenvalue weighted by atomic mass is 16.5. The maximum absolute atomic E-state index is 12.2. The summed E-state index contributed by atoms with van der Waals surface area (Å²) in [5.41, 5.74) is 3.75. The number of benzene rings is 2. The van der Waals surface area contributed by atoms with Gasteiger partial charge in [0.2, 0.25) is 0 Å². The average Bonchev–Trinajstić information content (AvgIpc) is 2.61. The maximum atomic E-state index is 12.2. The van der Waals surface area contributed by atoms with Crippen molar-refractivity contribution in [1.82, 2.24) is 5.32 Å². The Labute approximate surface area is 162 Å². The van der Waals surface area contributed by atoms with Crippen LogP contribution in [0.5, 0.6) is 11.5 Å². The topological polar surface area (TPSA) is 47.6 Å². The fourth-order valence-electron chi connectivity index (χ4n) is 2.58. The molecule has 27 heavy (non-hydrogen) atoms. The van der Waals surface area contributed by atoms with Crippen LogP contribution < -0.4 is 14.8 Å². The van der Waals surface area contributed by atoms with Crippen molar-refractivity contribution in [2.45, 2.75) is 53.1 Å². The Hall–Kier alpha value is -2.49. The van der Waals surface area contributed by atoms with Gasteiger partial charge in [-0.05, 0) is 67.1 Å². The number of carbonyl (C=O) groups excluding carboxylic acids is 1. The molecule has 0 aliphatic rings. The van der Waals surface area contributed by atoms with Gasteiger partial charge in [0, 0.05) is 0 Å². The minimum Gasteiger partial charge on any atom is -0.492 e. The SMILES string of the molecule is Cc1ccc(OCCNC(=O)[C@@H](C)Oc2ccc(C(C)(C)C)cc2)cc1C. The van der Waals surface area contributed by atoms with Crippen LogP contribution in [-0.2, 0) is 10.2 Å². The van der Waals surface area contributed by atoms with E-state index in [1.165, 1.54) is 16.7 Å². The van der Waals surface area contributed by atoms with Crippen molar-refractivity contribution in [1.29, 1.82) is 0 Å². The maximum Gasteiger partial charge on any atom is 0.260 e. The summed E-state index contributed by atoms with van der Waals surface area (Å²) in [7, 11) is 0. The third kappa shape index (κ3) is 6.31. The summed E-state index contributed by atoms with van der Waals surface area (Å²) in [5, 5.41) is 2.85. The van der Waals surface area contributed by atoms with Crippen molar-refractivity contribution in [3.05, 3.63) is 59.2 Å². The Bertz CT molecular complexity index is 760. The zero-order valence-electron chi connectivity index (χ0n) is 17.3. The Morgan fingerprint density at radius 1 is 1.00 bits per heavy atom. The van der Waals surface area contributed by atoms with Gasteiger partial charge in [0.1, 0.15) is 18.1 Å². The molecule has 0 saturated heterocycles. The molecule has 0 heterocycles. The second-order valence-electron chi connectivity index (χ2n) is 7.92. The van der Waals surface area contributed by atoms with Crippen molar-refractivity contribution < 1.29 is 14.3 Å². The lowest BCUT2D eigenvalue weighted by atomic mass is 9.87. The summed E-state index contributed by atoms with van der Waals surface area (Å²) in [6, 6.07) is 13.9. The summed E-state index contributed by atoms with van der Waals surface area (Å²) in [5.74, 6) is 1.35. The molecule has 2 aromatic rings. The van der Waals surface area contributed by atoms with E-state index >= 15 is 0 Å². The molecule has 1 atom stereocenters. The lowest BCUT2D eigenvalue weighted by Gasteiger charge is -2.20. The summed E-state index contributed by atoms with van der Waals surface area (Å²) in [4.78, 5) is 12.2. The van der Waals surface area contributed by atoms with Crippen molar-refractivity contribution in [3.8, 4) is 11.5 Å². The van der Waals surface area contributed by atoms with Crippen molar-refractivity contribution in [2.24, 2.45) is 0 Å². The molecule has 0 fully saturated rings. The summed E-state index contributed by atoms with van der Waals surface area (Å²) >= 11 is 0. The minimum absolute atomic E-state index is 0.0948. The van der Waals surface area contributed by atoms with E-state index in [0.717, 1.165) is 5.75 Å². The van der Waals surface area contributed by atoms with Gasteiger partial charge in [-0.1, -0.05) is 39.0 Å². The highest BCUT2D eigenvalue weighted by molar-refractivity contribution is 5.80. The lowest BCUT2D eigenvalue weighted by molar-refractivity contribution is -0.127. The number of nitrogens with one attached hydrogen (secondary N) is 1.